The van der Waals surface area contributed by atoms with Gasteiger partial charge >= 0.3 is 0 Å². The number of hydrogen-bond acceptors (Lipinski definition) is 3. The summed E-state index contributed by atoms with van der Waals surface area (Å²) < 4.78 is 2.25. The number of aryl methyl sites for hydroxylation is 2. The Morgan fingerprint density at radius 3 is 2.00 bits per heavy atom. The van der Waals surface area contributed by atoms with Crippen molar-refractivity contribution in [3.8, 4) is 67.5 Å². The molecule has 0 unspecified atom stereocenters. The van der Waals surface area contributed by atoms with Gasteiger partial charge < -0.3 is 5.11 Å². The first kappa shape index (κ1) is 40.5. The number of pyridine rings is 1. The molecular weight excluding hydrogens is 731 g/mol. The molecule has 0 spiro atoms. The van der Waals surface area contributed by atoms with Gasteiger partial charge in [-0.15, -0.1) is 0 Å². The number of benzene rings is 6. The second kappa shape index (κ2) is 15.7. The number of para-hydroxylation sites is 1. The van der Waals surface area contributed by atoms with Crippen LogP contribution in [-0.4, -0.2) is 19.6 Å². The predicted octanol–water partition coefficient (Wildman–Crippen LogP) is 14.9. The molecule has 0 aliphatic rings. The van der Waals surface area contributed by atoms with Gasteiger partial charge in [0, 0.05) is 23.0 Å². The molecule has 0 radical (unpaired) electrons. The van der Waals surface area contributed by atoms with Gasteiger partial charge in [-0.05, 0) is 141 Å². The number of nitrogens with zero attached hydrogens (tertiary/aromatic N) is 3. The van der Waals surface area contributed by atoms with Crippen LogP contribution < -0.4 is 0 Å². The molecule has 0 amide bonds. The molecular formula is C56H57N3O. The molecule has 0 fully saturated rings. The van der Waals surface area contributed by atoms with Crippen molar-refractivity contribution in [2.45, 2.75) is 86.5 Å². The zero-order chi connectivity index (χ0) is 42.5. The number of hydrogen-bond donors (Lipinski definition) is 1. The summed E-state index contributed by atoms with van der Waals surface area (Å²) in [7, 11) is 0. The molecule has 0 aliphatic heterocycles. The topological polar surface area (TPSA) is 50.9 Å². The van der Waals surface area contributed by atoms with Gasteiger partial charge in [0.05, 0.1) is 22.3 Å². The molecule has 302 valence electrons. The average Bonchev–Trinajstić information content (AvgIpc) is 3.61. The van der Waals surface area contributed by atoms with E-state index < -0.39 is 0 Å². The van der Waals surface area contributed by atoms with E-state index in [-0.39, 0.29) is 16.6 Å². The molecule has 60 heavy (non-hydrogen) atoms. The molecule has 6 aromatic carbocycles. The largest absolute Gasteiger partial charge is 0.507 e. The lowest BCUT2D eigenvalue weighted by Crippen LogP contribution is -2.11. The van der Waals surface area contributed by atoms with Gasteiger partial charge in [0.2, 0.25) is 0 Å². The smallest absolute Gasteiger partial charge is 0.149 e. The van der Waals surface area contributed by atoms with Gasteiger partial charge in [0.1, 0.15) is 11.6 Å². The van der Waals surface area contributed by atoms with Crippen LogP contribution in [0.25, 0.3) is 72.7 Å². The number of imidazole rings is 1. The Bertz CT molecular complexity index is 2850. The molecule has 4 heteroatoms. The van der Waals surface area contributed by atoms with Crippen molar-refractivity contribution in [3.63, 3.8) is 0 Å². The first-order valence-electron chi connectivity index (χ1n) is 21.3. The third kappa shape index (κ3) is 8.04. The number of phenolic OH excluding ortho intramolecular Hbond substituents is 1. The Morgan fingerprint density at radius 2 is 1.30 bits per heavy atom. The van der Waals surface area contributed by atoms with Crippen molar-refractivity contribution >= 4 is 11.0 Å². The normalized spacial score (nSPS) is 12.1. The Morgan fingerprint density at radius 1 is 0.583 bits per heavy atom. The maximum absolute atomic E-state index is 11.7. The van der Waals surface area contributed by atoms with Crippen molar-refractivity contribution in [1.29, 1.82) is 0 Å². The third-order valence-electron chi connectivity index (χ3n) is 11.7. The predicted molar refractivity (Wildman–Crippen MR) is 253 cm³/mol. The highest BCUT2D eigenvalue weighted by molar-refractivity contribution is 5.97. The zero-order valence-electron chi connectivity index (χ0n) is 36.9. The van der Waals surface area contributed by atoms with E-state index in [1.807, 2.05) is 19.2 Å². The minimum atomic E-state index is -0.123. The van der Waals surface area contributed by atoms with Crippen LogP contribution in [-0.2, 0) is 17.3 Å². The molecule has 0 saturated heterocycles. The quantitative estimate of drug-likeness (QED) is 0.167. The first-order chi connectivity index (χ1) is 28.5. The summed E-state index contributed by atoms with van der Waals surface area (Å²) in [5, 5.41) is 11.7. The molecule has 8 rings (SSSR count). The van der Waals surface area contributed by atoms with Crippen LogP contribution in [0.4, 0.5) is 0 Å². The van der Waals surface area contributed by atoms with Crippen molar-refractivity contribution < 1.29 is 5.11 Å². The highest BCUT2D eigenvalue weighted by Gasteiger charge is 2.24. The minimum absolute atomic E-state index is 0.0915. The maximum Gasteiger partial charge on any atom is 0.149 e. The van der Waals surface area contributed by atoms with Crippen LogP contribution in [0, 0.1) is 19.8 Å². The molecule has 0 saturated carbocycles. The van der Waals surface area contributed by atoms with E-state index in [4.69, 9.17) is 9.97 Å². The van der Waals surface area contributed by atoms with E-state index in [0.29, 0.717) is 17.3 Å². The lowest BCUT2D eigenvalue weighted by atomic mass is 9.83. The molecule has 0 atom stereocenters. The summed E-state index contributed by atoms with van der Waals surface area (Å²) in [6, 6.07) is 48.1. The summed E-state index contributed by atoms with van der Waals surface area (Å²) in [4.78, 5) is 10.5. The number of rotatable bonds is 8. The van der Waals surface area contributed by atoms with E-state index in [2.05, 4.69) is 194 Å². The van der Waals surface area contributed by atoms with E-state index >= 15 is 0 Å². The molecule has 0 bridgehead atoms. The fourth-order valence-electron chi connectivity index (χ4n) is 8.43. The lowest BCUT2D eigenvalue weighted by Gasteiger charge is -2.22. The Labute approximate surface area is 356 Å². The Hall–Kier alpha value is -6.26. The Balaban J connectivity index is 1.34. The summed E-state index contributed by atoms with van der Waals surface area (Å²) in [6.07, 6.45) is 2.85. The van der Waals surface area contributed by atoms with Crippen LogP contribution in [0.2, 0.25) is 0 Å². The summed E-state index contributed by atoms with van der Waals surface area (Å²) in [6.45, 7) is 22.1. The number of fused-ring (bicyclic) bond motifs is 1. The van der Waals surface area contributed by atoms with Crippen LogP contribution >= 0.6 is 0 Å². The van der Waals surface area contributed by atoms with Gasteiger partial charge in [0.15, 0.2) is 0 Å². The summed E-state index contributed by atoms with van der Waals surface area (Å²) >= 11 is 0. The van der Waals surface area contributed by atoms with Crippen LogP contribution in [0.1, 0.15) is 83.2 Å². The lowest BCUT2D eigenvalue weighted by molar-refractivity contribution is 0.472. The molecule has 2 aromatic heterocycles. The summed E-state index contributed by atoms with van der Waals surface area (Å²) in [5.41, 5.74) is 18.1. The van der Waals surface area contributed by atoms with E-state index in [1.54, 1.807) is 0 Å². The summed E-state index contributed by atoms with van der Waals surface area (Å²) in [5.74, 6) is 1.42. The van der Waals surface area contributed by atoms with E-state index in [1.165, 1.54) is 33.4 Å². The standard InChI is InChI=1S/C56H57N3O/c1-35(2)27-41-33-46(23-24-47(41)39-15-12-11-13-16-39)59-51-18-14-17-48(52(51)58-54(59)49-29-36(3)28-37(4)53(49)60)42-30-43(32-45(31-42)56(8,9)10)50-34-40(25-26-57-50)38-19-21-44(22-20-38)55(5,6)7/h11-26,28-35,60H,27H2,1-10H3. The molecule has 4 nitrogen and oxygen atoms in total. The van der Waals surface area contributed by atoms with Gasteiger partial charge in [-0.2, -0.15) is 0 Å². The molecule has 2 heterocycles. The average molecular weight is 788 g/mol. The second-order valence-electron chi connectivity index (χ2n) is 19.0. The second-order valence-corrected chi connectivity index (χ2v) is 19.0. The fourth-order valence-corrected chi connectivity index (χ4v) is 8.43. The highest BCUT2D eigenvalue weighted by atomic mass is 16.3. The number of phenols is 1. The van der Waals surface area contributed by atoms with Crippen molar-refractivity contribution in [2.75, 3.05) is 0 Å². The third-order valence-corrected chi connectivity index (χ3v) is 11.7. The van der Waals surface area contributed by atoms with Crippen molar-refractivity contribution in [2.24, 2.45) is 5.92 Å². The van der Waals surface area contributed by atoms with Crippen LogP contribution in [0.5, 0.6) is 5.75 Å². The van der Waals surface area contributed by atoms with E-state index in [0.717, 1.165) is 62.2 Å². The van der Waals surface area contributed by atoms with Crippen molar-refractivity contribution in [3.05, 3.63) is 167 Å². The van der Waals surface area contributed by atoms with Crippen LogP contribution in [0.15, 0.2) is 140 Å². The first-order valence-corrected chi connectivity index (χ1v) is 21.3. The molecule has 1 N–H and O–H groups in total. The zero-order valence-corrected chi connectivity index (χ0v) is 36.9. The van der Waals surface area contributed by atoms with Gasteiger partial charge in [-0.25, -0.2) is 4.98 Å². The monoisotopic (exact) mass is 787 g/mol. The SMILES string of the molecule is Cc1cc(C)c(O)c(-c2nc3c(-c4cc(-c5cc(-c6ccc(C(C)(C)C)cc6)ccn5)cc(C(C)(C)C)c4)cccc3n2-c2ccc(-c3ccccc3)c(CC(C)C)c2)c1. The number of aromatic hydroxyl groups is 1. The van der Waals surface area contributed by atoms with Crippen LogP contribution in [0.3, 0.4) is 0 Å². The molecule has 0 aliphatic carbocycles. The molecule has 8 aromatic rings. The maximum atomic E-state index is 11.7. The minimum Gasteiger partial charge on any atom is -0.507 e. The van der Waals surface area contributed by atoms with Gasteiger partial charge in [0.25, 0.3) is 0 Å². The fraction of sp³-hybridized carbons (Fsp3) is 0.250. The van der Waals surface area contributed by atoms with Gasteiger partial charge in [-0.1, -0.05) is 140 Å². The highest BCUT2D eigenvalue weighted by Crippen LogP contribution is 2.42. The number of aromatic nitrogens is 3. The van der Waals surface area contributed by atoms with E-state index in [9.17, 15) is 5.11 Å². The Kier molecular flexibility index (Phi) is 10.6. The van der Waals surface area contributed by atoms with Gasteiger partial charge in [-0.3, -0.25) is 9.55 Å². The van der Waals surface area contributed by atoms with Crippen molar-refractivity contribution in [1.82, 2.24) is 14.5 Å².